The Kier molecular flexibility index (Phi) is 8.85. The van der Waals surface area contributed by atoms with Crippen molar-refractivity contribution in [3.63, 3.8) is 0 Å². The number of hydrogen-bond acceptors (Lipinski definition) is 3. The van der Waals surface area contributed by atoms with E-state index in [1.54, 1.807) is 12.1 Å². The average molecular weight is 539 g/mol. The highest BCUT2D eigenvalue weighted by molar-refractivity contribution is 7.97. The van der Waals surface area contributed by atoms with Gasteiger partial charge in [-0.1, -0.05) is 111 Å². The summed E-state index contributed by atoms with van der Waals surface area (Å²) in [5.41, 5.74) is 1.85. The van der Waals surface area contributed by atoms with Gasteiger partial charge >= 0.3 is 0 Å². The third-order valence-corrected chi connectivity index (χ3v) is 9.38. The molecule has 0 aliphatic carbocycles. The lowest BCUT2D eigenvalue weighted by atomic mass is 9.78. The molecule has 5 aromatic rings. The Labute approximate surface area is 228 Å². The van der Waals surface area contributed by atoms with E-state index in [1.807, 2.05) is 30.3 Å². The van der Waals surface area contributed by atoms with Crippen molar-refractivity contribution in [2.45, 2.75) is 38.8 Å². The molecule has 3 nitrogen and oxygen atoms in total. The van der Waals surface area contributed by atoms with Gasteiger partial charge in [-0.05, 0) is 59.7 Å². The second-order valence-corrected chi connectivity index (χ2v) is 12.6. The molecule has 0 fully saturated rings. The molecule has 0 atom stereocenters. The van der Waals surface area contributed by atoms with Gasteiger partial charge in [0.25, 0.3) is 0 Å². The summed E-state index contributed by atoms with van der Waals surface area (Å²) in [4.78, 5) is 3.89. The van der Waals surface area contributed by atoms with E-state index in [9.17, 15) is 13.0 Å². The number of benzene rings is 5. The molecule has 0 bridgehead atoms. The van der Waals surface area contributed by atoms with Crippen molar-refractivity contribution in [1.29, 1.82) is 0 Å². The SMILES string of the molecule is CC(C)(c1ccccc1)c1ccc(S(=O)(=O)[O-])cc1.c1ccc([S+](c2ccccc2)c2ccccc2)cc1. The van der Waals surface area contributed by atoms with Crippen molar-refractivity contribution >= 4 is 21.0 Å². The summed E-state index contributed by atoms with van der Waals surface area (Å²) in [5.74, 6) is 0. The molecule has 0 N–H and O–H groups in total. The van der Waals surface area contributed by atoms with E-state index in [2.05, 4.69) is 105 Å². The summed E-state index contributed by atoms with van der Waals surface area (Å²) in [7, 11) is -4.39. The van der Waals surface area contributed by atoms with Gasteiger partial charge in [-0.2, -0.15) is 0 Å². The molecule has 0 amide bonds. The summed E-state index contributed by atoms with van der Waals surface area (Å²) in [6, 6.07) is 48.2. The smallest absolute Gasteiger partial charge is 0.166 e. The molecule has 0 aromatic heterocycles. The molecule has 0 radical (unpaired) electrons. The zero-order valence-corrected chi connectivity index (χ0v) is 23.0. The van der Waals surface area contributed by atoms with Gasteiger partial charge in [-0.3, -0.25) is 0 Å². The maximum Gasteiger partial charge on any atom is 0.166 e. The highest BCUT2D eigenvalue weighted by atomic mass is 32.2. The van der Waals surface area contributed by atoms with Gasteiger partial charge in [-0.15, -0.1) is 0 Å². The van der Waals surface area contributed by atoms with E-state index in [-0.39, 0.29) is 21.2 Å². The highest BCUT2D eigenvalue weighted by Crippen LogP contribution is 2.32. The topological polar surface area (TPSA) is 57.2 Å². The summed E-state index contributed by atoms with van der Waals surface area (Å²) in [6.07, 6.45) is 0. The molecule has 5 aromatic carbocycles. The first-order valence-corrected chi connectivity index (χ1v) is 14.9. The van der Waals surface area contributed by atoms with Crippen LogP contribution in [0, 0.1) is 0 Å². The number of hydrogen-bond donors (Lipinski definition) is 0. The average Bonchev–Trinajstić information content (AvgIpc) is 2.95. The molecular formula is C33H30O3S2. The van der Waals surface area contributed by atoms with Crippen LogP contribution in [0.2, 0.25) is 0 Å². The molecule has 5 heteroatoms. The molecule has 0 spiro atoms. The third kappa shape index (κ3) is 6.81. The van der Waals surface area contributed by atoms with Gasteiger partial charge < -0.3 is 4.55 Å². The van der Waals surface area contributed by atoms with E-state index in [0.29, 0.717) is 0 Å². The molecule has 0 saturated carbocycles. The minimum absolute atomic E-state index is 0.0146. The second-order valence-electron chi connectivity index (χ2n) is 9.21. The fourth-order valence-electron chi connectivity index (χ4n) is 4.14. The molecule has 5 rings (SSSR count). The van der Waals surface area contributed by atoms with Crippen molar-refractivity contribution in [3.05, 3.63) is 157 Å². The van der Waals surface area contributed by atoms with E-state index in [0.717, 1.165) is 11.1 Å². The van der Waals surface area contributed by atoms with Gasteiger partial charge in [0, 0.05) is 5.41 Å². The minimum atomic E-state index is -4.38. The Morgan fingerprint density at radius 2 is 0.816 bits per heavy atom. The van der Waals surface area contributed by atoms with E-state index in [4.69, 9.17) is 0 Å². The van der Waals surface area contributed by atoms with Crippen LogP contribution in [0.15, 0.2) is 165 Å². The normalized spacial score (nSPS) is 11.5. The van der Waals surface area contributed by atoms with Crippen LogP contribution in [0.5, 0.6) is 0 Å². The quantitative estimate of drug-likeness (QED) is 0.164. The summed E-state index contributed by atoms with van der Waals surface area (Å²) in [6.45, 7) is 4.12. The van der Waals surface area contributed by atoms with Gasteiger partial charge in [0.15, 0.2) is 14.7 Å². The Balaban J connectivity index is 0.000000177. The van der Waals surface area contributed by atoms with E-state index < -0.39 is 10.1 Å². The Morgan fingerprint density at radius 1 is 0.500 bits per heavy atom. The summed E-state index contributed by atoms with van der Waals surface area (Å²) in [5, 5.41) is 0. The predicted molar refractivity (Wildman–Crippen MR) is 154 cm³/mol. The number of rotatable bonds is 6. The van der Waals surface area contributed by atoms with Crippen LogP contribution in [-0.4, -0.2) is 13.0 Å². The second kappa shape index (κ2) is 12.3. The van der Waals surface area contributed by atoms with Crippen molar-refractivity contribution in [1.82, 2.24) is 0 Å². The summed E-state index contributed by atoms with van der Waals surface area (Å²) < 4.78 is 32.7. The zero-order valence-electron chi connectivity index (χ0n) is 21.4. The monoisotopic (exact) mass is 538 g/mol. The lowest BCUT2D eigenvalue weighted by Crippen LogP contribution is -2.18. The summed E-state index contributed by atoms with van der Waals surface area (Å²) >= 11 is 0. The van der Waals surface area contributed by atoms with Crippen LogP contribution in [0.4, 0.5) is 0 Å². The maximum absolute atomic E-state index is 10.9. The van der Waals surface area contributed by atoms with E-state index >= 15 is 0 Å². The zero-order chi connectivity index (χ0) is 27.0. The molecule has 0 heterocycles. The Hall–Kier alpha value is -3.64. The molecule has 0 aliphatic heterocycles. The first-order chi connectivity index (χ1) is 18.3. The van der Waals surface area contributed by atoms with Crippen molar-refractivity contribution in [2.75, 3.05) is 0 Å². The third-order valence-electron chi connectivity index (χ3n) is 6.30. The van der Waals surface area contributed by atoms with Crippen molar-refractivity contribution < 1.29 is 13.0 Å². The predicted octanol–water partition coefficient (Wildman–Crippen LogP) is 7.70. The molecule has 192 valence electrons. The molecule has 38 heavy (non-hydrogen) atoms. The first-order valence-electron chi connectivity index (χ1n) is 12.3. The maximum atomic E-state index is 10.9. The minimum Gasteiger partial charge on any atom is -0.744 e. The molecule has 0 saturated heterocycles. The van der Waals surface area contributed by atoms with Gasteiger partial charge in [0.1, 0.15) is 10.1 Å². The standard InChI is InChI=1S/C18H15S.C15H16O3S/c1-4-10-16(11-5-1)19(17-12-6-2-7-13-17)18-14-8-3-9-15-18;1-15(2,12-6-4-3-5-7-12)13-8-10-14(11-9-13)19(16,17)18/h1-15H;3-11H,1-2H3,(H,16,17,18)/q+1;/p-1. The van der Waals surface area contributed by atoms with Crippen LogP contribution in [0.3, 0.4) is 0 Å². The molecular weight excluding hydrogens is 508 g/mol. The van der Waals surface area contributed by atoms with Gasteiger partial charge in [0.2, 0.25) is 0 Å². The first kappa shape index (κ1) is 27.4. The van der Waals surface area contributed by atoms with Crippen molar-refractivity contribution in [2.24, 2.45) is 0 Å². The molecule has 0 unspecified atom stereocenters. The van der Waals surface area contributed by atoms with Crippen LogP contribution < -0.4 is 0 Å². The highest BCUT2D eigenvalue weighted by Gasteiger charge is 2.27. The van der Waals surface area contributed by atoms with Crippen LogP contribution in [0.1, 0.15) is 25.0 Å². The van der Waals surface area contributed by atoms with Gasteiger partial charge in [-0.25, -0.2) is 8.42 Å². The Bertz CT molecular complexity index is 1420. The lowest BCUT2D eigenvalue weighted by molar-refractivity contribution is 0.463. The largest absolute Gasteiger partial charge is 0.744 e. The van der Waals surface area contributed by atoms with Crippen LogP contribution in [-0.2, 0) is 26.4 Å². The Morgan fingerprint density at radius 3 is 1.16 bits per heavy atom. The van der Waals surface area contributed by atoms with Gasteiger partial charge in [0.05, 0.1) is 15.8 Å². The van der Waals surface area contributed by atoms with Crippen LogP contribution in [0.25, 0.3) is 0 Å². The fraction of sp³-hybridized carbons (Fsp3) is 0.0909. The molecule has 0 aliphatic rings. The van der Waals surface area contributed by atoms with E-state index in [1.165, 1.54) is 26.8 Å². The fourth-order valence-corrected chi connectivity index (χ4v) is 6.71. The van der Waals surface area contributed by atoms with Crippen LogP contribution >= 0.6 is 0 Å². The van der Waals surface area contributed by atoms with Crippen molar-refractivity contribution in [3.8, 4) is 0 Å². The lowest BCUT2D eigenvalue weighted by Gasteiger charge is -2.26.